The molecule has 0 spiro atoms. The van der Waals surface area contributed by atoms with Gasteiger partial charge >= 0.3 is 0 Å². The van der Waals surface area contributed by atoms with Gasteiger partial charge in [-0.25, -0.2) is 4.98 Å². The SMILES string of the molecule is CCCOc1ncnc(N2CCCC(C(C)C)CC2)c1N. The minimum Gasteiger partial charge on any atom is -0.476 e. The Morgan fingerprint density at radius 2 is 2.14 bits per heavy atom. The summed E-state index contributed by atoms with van der Waals surface area (Å²) in [4.78, 5) is 10.8. The third kappa shape index (κ3) is 3.99. The molecule has 1 aromatic heterocycles. The summed E-state index contributed by atoms with van der Waals surface area (Å²) in [6, 6.07) is 0. The van der Waals surface area contributed by atoms with Crippen molar-refractivity contribution in [2.75, 3.05) is 30.3 Å². The molecule has 1 aliphatic rings. The molecule has 0 bridgehead atoms. The predicted octanol–water partition coefficient (Wildman–Crippen LogP) is 3.11. The first-order valence-corrected chi connectivity index (χ1v) is 8.11. The van der Waals surface area contributed by atoms with Gasteiger partial charge in [-0.05, 0) is 37.5 Å². The van der Waals surface area contributed by atoms with Crippen LogP contribution in [-0.4, -0.2) is 29.7 Å². The topological polar surface area (TPSA) is 64.3 Å². The fraction of sp³-hybridized carbons (Fsp3) is 0.750. The average molecular weight is 292 g/mol. The molecule has 0 aromatic carbocycles. The molecule has 0 aliphatic carbocycles. The van der Waals surface area contributed by atoms with E-state index in [1.807, 2.05) is 0 Å². The van der Waals surface area contributed by atoms with Crippen LogP contribution in [0.15, 0.2) is 6.33 Å². The van der Waals surface area contributed by atoms with Crippen LogP contribution >= 0.6 is 0 Å². The van der Waals surface area contributed by atoms with E-state index >= 15 is 0 Å². The lowest BCUT2D eigenvalue weighted by Gasteiger charge is -2.24. The maximum Gasteiger partial charge on any atom is 0.242 e. The lowest BCUT2D eigenvalue weighted by Crippen LogP contribution is -2.27. The maximum absolute atomic E-state index is 6.21. The molecule has 0 saturated carbocycles. The Morgan fingerprint density at radius 3 is 2.86 bits per heavy atom. The van der Waals surface area contributed by atoms with Crippen molar-refractivity contribution in [1.82, 2.24) is 9.97 Å². The fourth-order valence-electron chi connectivity index (χ4n) is 2.94. The van der Waals surface area contributed by atoms with E-state index in [-0.39, 0.29) is 0 Å². The van der Waals surface area contributed by atoms with Crippen molar-refractivity contribution in [3.8, 4) is 5.88 Å². The van der Waals surface area contributed by atoms with E-state index in [4.69, 9.17) is 10.5 Å². The quantitative estimate of drug-likeness (QED) is 0.903. The monoisotopic (exact) mass is 292 g/mol. The molecule has 21 heavy (non-hydrogen) atoms. The third-order valence-electron chi connectivity index (χ3n) is 4.28. The molecule has 1 saturated heterocycles. The molecule has 5 heteroatoms. The molecule has 1 aliphatic heterocycles. The summed E-state index contributed by atoms with van der Waals surface area (Å²) in [5, 5.41) is 0. The van der Waals surface area contributed by atoms with Crippen molar-refractivity contribution >= 4 is 11.5 Å². The van der Waals surface area contributed by atoms with Gasteiger partial charge in [-0.3, -0.25) is 0 Å². The molecule has 2 heterocycles. The van der Waals surface area contributed by atoms with Gasteiger partial charge in [0.1, 0.15) is 12.0 Å². The summed E-state index contributed by atoms with van der Waals surface area (Å²) in [5.41, 5.74) is 6.79. The van der Waals surface area contributed by atoms with E-state index in [9.17, 15) is 0 Å². The summed E-state index contributed by atoms with van der Waals surface area (Å²) in [7, 11) is 0. The molecule has 5 nitrogen and oxygen atoms in total. The first-order chi connectivity index (χ1) is 10.1. The van der Waals surface area contributed by atoms with Crippen molar-refractivity contribution in [3.63, 3.8) is 0 Å². The van der Waals surface area contributed by atoms with E-state index in [1.54, 1.807) is 6.33 Å². The van der Waals surface area contributed by atoms with Crippen LogP contribution in [0.2, 0.25) is 0 Å². The van der Waals surface area contributed by atoms with Crippen LogP contribution in [0.5, 0.6) is 5.88 Å². The highest BCUT2D eigenvalue weighted by Gasteiger charge is 2.22. The first-order valence-electron chi connectivity index (χ1n) is 8.11. The van der Waals surface area contributed by atoms with Crippen LogP contribution in [0.3, 0.4) is 0 Å². The number of hydrogen-bond acceptors (Lipinski definition) is 5. The number of anilines is 2. The van der Waals surface area contributed by atoms with Gasteiger partial charge in [-0.1, -0.05) is 20.8 Å². The van der Waals surface area contributed by atoms with Crippen molar-refractivity contribution in [2.45, 2.75) is 46.5 Å². The van der Waals surface area contributed by atoms with Gasteiger partial charge in [-0.15, -0.1) is 0 Å². The van der Waals surface area contributed by atoms with Crippen molar-refractivity contribution < 1.29 is 4.74 Å². The van der Waals surface area contributed by atoms with Crippen molar-refractivity contribution in [3.05, 3.63) is 6.33 Å². The van der Waals surface area contributed by atoms with Crippen LogP contribution in [0, 0.1) is 11.8 Å². The molecule has 1 fully saturated rings. The van der Waals surface area contributed by atoms with Crippen LogP contribution in [0.25, 0.3) is 0 Å². The van der Waals surface area contributed by atoms with Crippen molar-refractivity contribution in [1.29, 1.82) is 0 Å². The van der Waals surface area contributed by atoms with E-state index in [2.05, 4.69) is 35.6 Å². The smallest absolute Gasteiger partial charge is 0.242 e. The standard InChI is InChI=1S/C16H28N4O/c1-4-10-21-16-14(17)15(18-11-19-16)20-8-5-6-13(7-9-20)12(2)3/h11-13H,4-10,17H2,1-3H3. The molecule has 118 valence electrons. The zero-order valence-corrected chi connectivity index (χ0v) is 13.5. The highest BCUT2D eigenvalue weighted by molar-refractivity contribution is 5.67. The highest BCUT2D eigenvalue weighted by atomic mass is 16.5. The van der Waals surface area contributed by atoms with Crippen molar-refractivity contribution in [2.24, 2.45) is 11.8 Å². The van der Waals surface area contributed by atoms with Crippen LogP contribution in [0.4, 0.5) is 11.5 Å². The Kier molecular flexibility index (Phi) is 5.65. The minimum atomic E-state index is 0.520. The van der Waals surface area contributed by atoms with Crippen LogP contribution in [0.1, 0.15) is 46.5 Å². The predicted molar refractivity (Wildman–Crippen MR) is 86.6 cm³/mol. The van der Waals surface area contributed by atoms with Gasteiger partial charge in [-0.2, -0.15) is 4.98 Å². The zero-order chi connectivity index (χ0) is 15.2. The Balaban J connectivity index is 2.10. The van der Waals surface area contributed by atoms with Gasteiger partial charge in [0, 0.05) is 13.1 Å². The Morgan fingerprint density at radius 1 is 1.33 bits per heavy atom. The lowest BCUT2D eigenvalue weighted by atomic mass is 9.89. The van der Waals surface area contributed by atoms with Gasteiger partial charge in [0.15, 0.2) is 5.82 Å². The molecular weight excluding hydrogens is 264 g/mol. The van der Waals surface area contributed by atoms with Crippen LogP contribution < -0.4 is 15.4 Å². The van der Waals surface area contributed by atoms with Gasteiger partial charge in [0.25, 0.3) is 0 Å². The van der Waals surface area contributed by atoms with E-state index < -0.39 is 0 Å². The summed E-state index contributed by atoms with van der Waals surface area (Å²) in [6.45, 7) is 9.36. The highest BCUT2D eigenvalue weighted by Crippen LogP contribution is 2.32. The summed E-state index contributed by atoms with van der Waals surface area (Å²) in [5.74, 6) is 2.90. The first kappa shape index (κ1) is 15.9. The molecule has 2 rings (SSSR count). The largest absolute Gasteiger partial charge is 0.476 e. The Hall–Kier alpha value is -1.52. The number of ether oxygens (including phenoxy) is 1. The number of nitrogen functional groups attached to an aromatic ring is 1. The van der Waals surface area contributed by atoms with E-state index in [0.29, 0.717) is 18.2 Å². The molecule has 1 unspecified atom stereocenters. The molecule has 0 radical (unpaired) electrons. The van der Waals surface area contributed by atoms with Gasteiger partial charge < -0.3 is 15.4 Å². The minimum absolute atomic E-state index is 0.520. The normalized spacial score (nSPS) is 19.6. The van der Waals surface area contributed by atoms with E-state index in [1.165, 1.54) is 19.3 Å². The second-order valence-corrected chi connectivity index (χ2v) is 6.19. The number of nitrogens with zero attached hydrogens (tertiary/aromatic N) is 3. The second-order valence-electron chi connectivity index (χ2n) is 6.19. The Labute approximate surface area is 127 Å². The Bertz CT molecular complexity index is 450. The summed E-state index contributed by atoms with van der Waals surface area (Å²) >= 11 is 0. The average Bonchev–Trinajstić information content (AvgIpc) is 2.72. The zero-order valence-electron chi connectivity index (χ0n) is 13.5. The number of hydrogen-bond donors (Lipinski definition) is 1. The third-order valence-corrected chi connectivity index (χ3v) is 4.28. The summed E-state index contributed by atoms with van der Waals surface area (Å²) in [6.07, 6.45) is 6.18. The molecule has 1 atom stereocenters. The maximum atomic E-state index is 6.21. The van der Waals surface area contributed by atoms with E-state index in [0.717, 1.165) is 37.2 Å². The fourth-order valence-corrected chi connectivity index (χ4v) is 2.94. The number of nitrogens with two attached hydrogens (primary N) is 1. The number of rotatable bonds is 5. The summed E-state index contributed by atoms with van der Waals surface area (Å²) < 4.78 is 5.61. The van der Waals surface area contributed by atoms with Gasteiger partial charge in [0.2, 0.25) is 5.88 Å². The number of aromatic nitrogens is 2. The second kappa shape index (κ2) is 7.48. The lowest BCUT2D eigenvalue weighted by molar-refractivity contribution is 0.306. The molecule has 2 N–H and O–H groups in total. The molecule has 1 aromatic rings. The van der Waals surface area contributed by atoms with Gasteiger partial charge in [0.05, 0.1) is 6.61 Å². The molecular formula is C16H28N4O. The van der Waals surface area contributed by atoms with Crippen LogP contribution in [-0.2, 0) is 0 Å². The molecule has 0 amide bonds.